The lowest BCUT2D eigenvalue weighted by Crippen LogP contribution is -2.39. The van der Waals surface area contributed by atoms with E-state index in [1.165, 1.54) is 9.25 Å². The summed E-state index contributed by atoms with van der Waals surface area (Å²) in [5, 5.41) is 7.27. The van der Waals surface area contributed by atoms with Gasteiger partial charge in [-0.2, -0.15) is 5.10 Å². The Labute approximate surface area is 164 Å². The quantitative estimate of drug-likeness (QED) is 0.736. The topological polar surface area (TPSA) is 98.5 Å². The standard InChI is InChI=1S/C19H29N5O4/c1-22-17(13-6-8-23(9-7-13)18(26)14-4-5-14)21-24(19(22)27)12-16(25)20-11-15-3-2-10-28-15/h13-15H,2-12H2,1H3,(H,20,25). The number of nitrogens with zero attached hydrogens (tertiary/aromatic N) is 4. The minimum absolute atomic E-state index is 0.0727. The van der Waals surface area contributed by atoms with Crippen molar-refractivity contribution in [2.75, 3.05) is 26.2 Å². The zero-order valence-electron chi connectivity index (χ0n) is 16.4. The van der Waals surface area contributed by atoms with Crippen molar-refractivity contribution in [3.05, 3.63) is 16.3 Å². The molecule has 0 spiro atoms. The number of hydrogen-bond donors (Lipinski definition) is 1. The number of carbonyl (C=O) groups excluding carboxylic acids is 2. The molecule has 1 unspecified atom stereocenters. The van der Waals surface area contributed by atoms with Gasteiger partial charge in [-0.15, -0.1) is 0 Å². The Bertz CT molecular complexity index is 783. The van der Waals surface area contributed by atoms with Crippen LogP contribution in [-0.4, -0.2) is 63.4 Å². The van der Waals surface area contributed by atoms with Crippen molar-refractivity contribution in [1.29, 1.82) is 0 Å². The van der Waals surface area contributed by atoms with Crippen molar-refractivity contribution in [2.24, 2.45) is 13.0 Å². The van der Waals surface area contributed by atoms with E-state index in [9.17, 15) is 14.4 Å². The zero-order valence-corrected chi connectivity index (χ0v) is 16.4. The smallest absolute Gasteiger partial charge is 0.346 e. The van der Waals surface area contributed by atoms with Crippen molar-refractivity contribution >= 4 is 11.8 Å². The van der Waals surface area contributed by atoms with E-state index in [-0.39, 0.29) is 42.0 Å². The van der Waals surface area contributed by atoms with Gasteiger partial charge in [0.25, 0.3) is 0 Å². The van der Waals surface area contributed by atoms with E-state index in [4.69, 9.17) is 4.74 Å². The molecule has 9 nitrogen and oxygen atoms in total. The molecule has 1 saturated carbocycles. The van der Waals surface area contributed by atoms with Crippen molar-refractivity contribution in [1.82, 2.24) is 24.6 Å². The first-order chi connectivity index (χ1) is 13.5. The summed E-state index contributed by atoms with van der Waals surface area (Å²) in [5.41, 5.74) is -0.279. The largest absolute Gasteiger partial charge is 0.376 e. The van der Waals surface area contributed by atoms with E-state index in [0.717, 1.165) is 45.1 Å². The summed E-state index contributed by atoms with van der Waals surface area (Å²) in [4.78, 5) is 38.8. The predicted molar refractivity (Wildman–Crippen MR) is 101 cm³/mol. The highest BCUT2D eigenvalue weighted by Crippen LogP contribution is 2.33. The van der Waals surface area contributed by atoms with Crippen LogP contribution < -0.4 is 11.0 Å². The fourth-order valence-electron chi connectivity index (χ4n) is 4.13. The molecule has 2 saturated heterocycles. The SMILES string of the molecule is Cn1c(C2CCN(C(=O)C3CC3)CC2)nn(CC(=O)NCC2CCCO2)c1=O. The van der Waals surface area contributed by atoms with E-state index in [2.05, 4.69) is 10.4 Å². The predicted octanol–water partition coefficient (Wildman–Crippen LogP) is -0.00700. The van der Waals surface area contributed by atoms with Crippen LogP contribution in [0.2, 0.25) is 0 Å². The van der Waals surface area contributed by atoms with Crippen LogP contribution >= 0.6 is 0 Å². The average molecular weight is 391 g/mol. The maximum atomic E-state index is 12.5. The average Bonchev–Trinajstić information content (AvgIpc) is 3.36. The fourth-order valence-corrected chi connectivity index (χ4v) is 4.13. The van der Waals surface area contributed by atoms with Gasteiger partial charge in [0.1, 0.15) is 12.4 Å². The summed E-state index contributed by atoms with van der Waals surface area (Å²) in [6, 6.07) is 0. The molecule has 2 aliphatic heterocycles. The number of hydrogen-bond acceptors (Lipinski definition) is 5. The molecule has 4 rings (SSSR count). The van der Waals surface area contributed by atoms with Crippen LogP contribution in [0.15, 0.2) is 4.79 Å². The molecule has 3 heterocycles. The molecule has 1 aromatic heterocycles. The molecule has 1 aromatic rings. The summed E-state index contributed by atoms with van der Waals surface area (Å²) < 4.78 is 8.27. The molecule has 9 heteroatoms. The second kappa shape index (κ2) is 8.06. The number of piperidine rings is 1. The molecular formula is C19H29N5O4. The Morgan fingerprint density at radius 3 is 2.57 bits per heavy atom. The minimum Gasteiger partial charge on any atom is -0.376 e. The molecule has 0 aromatic carbocycles. The highest BCUT2D eigenvalue weighted by atomic mass is 16.5. The molecule has 28 heavy (non-hydrogen) atoms. The molecule has 1 aliphatic carbocycles. The second-order valence-corrected chi connectivity index (χ2v) is 8.17. The van der Waals surface area contributed by atoms with E-state index in [0.29, 0.717) is 25.5 Å². The Morgan fingerprint density at radius 2 is 1.93 bits per heavy atom. The maximum absolute atomic E-state index is 12.5. The molecule has 1 N–H and O–H groups in total. The molecular weight excluding hydrogens is 362 g/mol. The van der Waals surface area contributed by atoms with E-state index >= 15 is 0 Å². The highest BCUT2D eigenvalue weighted by Gasteiger charge is 2.36. The molecule has 1 atom stereocenters. The maximum Gasteiger partial charge on any atom is 0.346 e. The third-order valence-electron chi connectivity index (χ3n) is 6.02. The third-order valence-corrected chi connectivity index (χ3v) is 6.02. The van der Waals surface area contributed by atoms with Crippen LogP contribution in [0.4, 0.5) is 0 Å². The van der Waals surface area contributed by atoms with Gasteiger partial charge in [0.15, 0.2) is 0 Å². The molecule has 154 valence electrons. The van der Waals surface area contributed by atoms with Gasteiger partial charge in [-0.1, -0.05) is 0 Å². The summed E-state index contributed by atoms with van der Waals surface area (Å²) in [6.45, 7) is 2.56. The van der Waals surface area contributed by atoms with Crippen LogP contribution in [0.3, 0.4) is 0 Å². The molecule has 2 amide bonds. The van der Waals surface area contributed by atoms with Crippen molar-refractivity contribution in [2.45, 2.75) is 57.1 Å². The van der Waals surface area contributed by atoms with Crippen LogP contribution in [0.5, 0.6) is 0 Å². The van der Waals surface area contributed by atoms with Gasteiger partial charge in [0, 0.05) is 45.1 Å². The molecule has 3 fully saturated rings. The number of amides is 2. The third kappa shape index (κ3) is 4.14. The number of likely N-dealkylation sites (tertiary alicyclic amines) is 1. The van der Waals surface area contributed by atoms with Crippen LogP contribution in [-0.2, 0) is 27.9 Å². The van der Waals surface area contributed by atoms with Crippen molar-refractivity contribution < 1.29 is 14.3 Å². The molecule has 0 bridgehead atoms. The van der Waals surface area contributed by atoms with Gasteiger partial charge in [-0.3, -0.25) is 14.2 Å². The lowest BCUT2D eigenvalue weighted by molar-refractivity contribution is -0.133. The normalized spacial score (nSPS) is 23.2. The Hall–Kier alpha value is -2.16. The number of aromatic nitrogens is 3. The van der Waals surface area contributed by atoms with Crippen LogP contribution in [0, 0.1) is 5.92 Å². The second-order valence-electron chi connectivity index (χ2n) is 8.17. The first-order valence-electron chi connectivity index (χ1n) is 10.3. The van der Waals surface area contributed by atoms with E-state index in [1.54, 1.807) is 7.05 Å². The van der Waals surface area contributed by atoms with Gasteiger partial charge in [0.2, 0.25) is 11.8 Å². The Kier molecular flexibility index (Phi) is 5.52. The number of ether oxygens (including phenoxy) is 1. The minimum atomic E-state index is -0.279. The molecule has 3 aliphatic rings. The van der Waals surface area contributed by atoms with Crippen LogP contribution in [0.25, 0.3) is 0 Å². The number of carbonyl (C=O) groups is 2. The monoisotopic (exact) mass is 391 g/mol. The highest BCUT2D eigenvalue weighted by molar-refractivity contribution is 5.81. The lowest BCUT2D eigenvalue weighted by Gasteiger charge is -2.31. The van der Waals surface area contributed by atoms with E-state index in [1.807, 2.05) is 4.90 Å². The van der Waals surface area contributed by atoms with E-state index < -0.39 is 0 Å². The van der Waals surface area contributed by atoms with Gasteiger partial charge in [0.05, 0.1) is 6.10 Å². The number of nitrogens with one attached hydrogen (secondary N) is 1. The summed E-state index contributed by atoms with van der Waals surface area (Å²) in [5.74, 6) is 1.13. The van der Waals surface area contributed by atoms with Crippen LogP contribution in [0.1, 0.15) is 50.3 Å². The van der Waals surface area contributed by atoms with Gasteiger partial charge in [-0.05, 0) is 38.5 Å². The van der Waals surface area contributed by atoms with Crippen molar-refractivity contribution in [3.63, 3.8) is 0 Å². The summed E-state index contributed by atoms with van der Waals surface area (Å²) >= 11 is 0. The Balaban J connectivity index is 1.33. The van der Waals surface area contributed by atoms with Gasteiger partial charge in [-0.25, -0.2) is 9.48 Å². The lowest BCUT2D eigenvalue weighted by atomic mass is 9.95. The summed E-state index contributed by atoms with van der Waals surface area (Å²) in [6.07, 6.45) is 5.69. The Morgan fingerprint density at radius 1 is 1.18 bits per heavy atom. The first-order valence-corrected chi connectivity index (χ1v) is 10.3. The van der Waals surface area contributed by atoms with Gasteiger partial charge < -0.3 is 15.0 Å². The fraction of sp³-hybridized carbons (Fsp3) is 0.789. The van der Waals surface area contributed by atoms with Crippen molar-refractivity contribution in [3.8, 4) is 0 Å². The molecule has 0 radical (unpaired) electrons. The number of rotatable bonds is 6. The first kappa shape index (κ1) is 19.2. The summed E-state index contributed by atoms with van der Waals surface area (Å²) in [7, 11) is 1.70. The van der Waals surface area contributed by atoms with Gasteiger partial charge >= 0.3 is 5.69 Å². The zero-order chi connectivity index (χ0) is 19.7.